The van der Waals surface area contributed by atoms with Gasteiger partial charge in [-0.1, -0.05) is 36.4 Å². The fraction of sp³-hybridized carbons (Fsp3) is 0. The van der Waals surface area contributed by atoms with Crippen molar-refractivity contribution in [2.45, 2.75) is 0 Å². The number of nitrogens with two attached hydrogens (primary N) is 1. The van der Waals surface area contributed by atoms with Gasteiger partial charge in [-0.25, -0.2) is 4.79 Å². The number of benzene rings is 3. The number of rotatable bonds is 3. The average Bonchev–Trinajstić information content (AvgIpc) is 2.59. The van der Waals surface area contributed by atoms with Crippen molar-refractivity contribution in [2.24, 2.45) is 0 Å². The number of nitrogens with zero attached hydrogens (tertiary/aromatic N) is 1. The zero-order valence-corrected chi connectivity index (χ0v) is 12.5. The van der Waals surface area contributed by atoms with Gasteiger partial charge in [-0.05, 0) is 48.5 Å². The Labute approximate surface area is 135 Å². The highest BCUT2D eigenvalue weighted by Gasteiger charge is 2.17. The van der Waals surface area contributed by atoms with Crippen molar-refractivity contribution >= 4 is 28.8 Å². The third-order valence-corrected chi connectivity index (χ3v) is 3.39. The van der Waals surface area contributed by atoms with Crippen LogP contribution in [0.4, 0.5) is 27.5 Å². The number of carbonyl (C=O) groups is 1. The van der Waals surface area contributed by atoms with Crippen LogP contribution >= 0.6 is 0 Å². The molecule has 0 saturated carbocycles. The van der Waals surface area contributed by atoms with E-state index in [1.807, 2.05) is 72.8 Å². The first kappa shape index (κ1) is 14.7. The van der Waals surface area contributed by atoms with Gasteiger partial charge < -0.3 is 11.1 Å². The summed E-state index contributed by atoms with van der Waals surface area (Å²) in [6.45, 7) is 0. The normalized spacial score (nSPS) is 10.1. The molecule has 0 heterocycles. The Morgan fingerprint density at radius 1 is 0.739 bits per heavy atom. The standard InChI is InChI=1S/C19H17N3O/c20-15-11-13-18(14-12-15)22(17-9-5-2-6-10-17)19(23)21-16-7-3-1-4-8-16/h1-14H,20H2,(H,21,23). The van der Waals surface area contributed by atoms with E-state index in [2.05, 4.69) is 5.32 Å². The smallest absolute Gasteiger partial charge is 0.330 e. The number of urea groups is 1. The molecule has 2 amide bonds. The van der Waals surface area contributed by atoms with Crippen LogP contribution < -0.4 is 16.0 Å². The maximum absolute atomic E-state index is 12.8. The van der Waals surface area contributed by atoms with E-state index in [-0.39, 0.29) is 6.03 Å². The highest BCUT2D eigenvalue weighted by molar-refractivity contribution is 6.07. The van der Waals surface area contributed by atoms with Gasteiger partial charge in [0.05, 0.1) is 11.4 Å². The minimum absolute atomic E-state index is 0.229. The van der Waals surface area contributed by atoms with Crippen LogP contribution in [0.3, 0.4) is 0 Å². The molecule has 0 aliphatic heterocycles. The first-order valence-corrected chi connectivity index (χ1v) is 7.31. The minimum Gasteiger partial charge on any atom is -0.399 e. The average molecular weight is 303 g/mol. The van der Waals surface area contributed by atoms with E-state index in [0.717, 1.165) is 17.1 Å². The molecule has 0 bridgehead atoms. The van der Waals surface area contributed by atoms with Crippen molar-refractivity contribution in [1.82, 2.24) is 0 Å². The molecule has 4 heteroatoms. The maximum atomic E-state index is 12.8. The number of amides is 2. The molecule has 0 unspecified atom stereocenters. The molecular weight excluding hydrogens is 286 g/mol. The number of para-hydroxylation sites is 2. The Bertz CT molecular complexity index is 771. The Morgan fingerprint density at radius 3 is 1.87 bits per heavy atom. The summed E-state index contributed by atoms with van der Waals surface area (Å²) >= 11 is 0. The number of carbonyl (C=O) groups excluding carboxylic acids is 1. The molecule has 4 nitrogen and oxygen atoms in total. The summed E-state index contributed by atoms with van der Waals surface area (Å²) < 4.78 is 0. The molecule has 0 aliphatic rings. The van der Waals surface area contributed by atoms with Gasteiger partial charge in [0.2, 0.25) is 0 Å². The molecule has 3 rings (SSSR count). The third-order valence-electron chi connectivity index (χ3n) is 3.39. The van der Waals surface area contributed by atoms with Crippen LogP contribution in [0, 0.1) is 0 Å². The lowest BCUT2D eigenvalue weighted by Gasteiger charge is -2.23. The SMILES string of the molecule is Nc1ccc(N(C(=O)Nc2ccccc2)c2ccccc2)cc1. The molecule has 3 N–H and O–H groups in total. The van der Waals surface area contributed by atoms with E-state index in [4.69, 9.17) is 5.73 Å². The number of nitrogen functional groups attached to an aromatic ring is 1. The summed E-state index contributed by atoms with van der Waals surface area (Å²) in [7, 11) is 0. The van der Waals surface area contributed by atoms with Gasteiger partial charge >= 0.3 is 6.03 Å². The fourth-order valence-corrected chi connectivity index (χ4v) is 2.28. The number of hydrogen-bond acceptors (Lipinski definition) is 2. The van der Waals surface area contributed by atoms with Crippen LogP contribution in [0.25, 0.3) is 0 Å². The second kappa shape index (κ2) is 6.66. The second-order valence-corrected chi connectivity index (χ2v) is 5.06. The number of anilines is 4. The summed E-state index contributed by atoms with van der Waals surface area (Å²) in [4.78, 5) is 14.4. The Morgan fingerprint density at radius 2 is 1.26 bits per heavy atom. The Kier molecular flexibility index (Phi) is 4.25. The van der Waals surface area contributed by atoms with E-state index in [1.165, 1.54) is 0 Å². The summed E-state index contributed by atoms with van der Waals surface area (Å²) in [5, 5.41) is 2.91. The van der Waals surface area contributed by atoms with Gasteiger partial charge in [0, 0.05) is 11.4 Å². The molecule has 3 aromatic carbocycles. The van der Waals surface area contributed by atoms with Gasteiger partial charge in [-0.3, -0.25) is 4.90 Å². The van der Waals surface area contributed by atoms with Crippen molar-refractivity contribution in [3.05, 3.63) is 84.9 Å². The molecule has 0 aromatic heterocycles. The van der Waals surface area contributed by atoms with Crippen LogP contribution in [-0.4, -0.2) is 6.03 Å². The van der Waals surface area contributed by atoms with Crippen LogP contribution in [0.1, 0.15) is 0 Å². The van der Waals surface area contributed by atoms with Crippen molar-refractivity contribution in [3.8, 4) is 0 Å². The highest BCUT2D eigenvalue weighted by Crippen LogP contribution is 2.27. The lowest BCUT2D eigenvalue weighted by molar-refractivity contribution is 0.259. The van der Waals surface area contributed by atoms with Crippen molar-refractivity contribution in [2.75, 3.05) is 16.0 Å². The van der Waals surface area contributed by atoms with E-state index in [9.17, 15) is 4.79 Å². The number of nitrogens with one attached hydrogen (secondary N) is 1. The lowest BCUT2D eigenvalue weighted by atomic mass is 10.2. The van der Waals surface area contributed by atoms with Gasteiger partial charge in [0.15, 0.2) is 0 Å². The van der Waals surface area contributed by atoms with Gasteiger partial charge in [0.1, 0.15) is 0 Å². The molecule has 3 aromatic rings. The highest BCUT2D eigenvalue weighted by atomic mass is 16.2. The predicted molar refractivity (Wildman–Crippen MR) is 94.9 cm³/mol. The zero-order chi connectivity index (χ0) is 16.1. The first-order chi connectivity index (χ1) is 11.2. The fourth-order valence-electron chi connectivity index (χ4n) is 2.28. The van der Waals surface area contributed by atoms with E-state index >= 15 is 0 Å². The molecule has 0 atom stereocenters. The Balaban J connectivity index is 1.95. The topological polar surface area (TPSA) is 58.4 Å². The minimum atomic E-state index is -0.229. The zero-order valence-electron chi connectivity index (χ0n) is 12.5. The maximum Gasteiger partial charge on any atom is 0.330 e. The summed E-state index contributed by atoms with van der Waals surface area (Å²) in [6.07, 6.45) is 0. The summed E-state index contributed by atoms with van der Waals surface area (Å²) in [5.74, 6) is 0. The summed E-state index contributed by atoms with van der Waals surface area (Å²) in [5.41, 5.74) is 8.68. The molecule has 0 radical (unpaired) electrons. The molecule has 0 spiro atoms. The van der Waals surface area contributed by atoms with Crippen LogP contribution in [0.5, 0.6) is 0 Å². The van der Waals surface area contributed by atoms with Crippen molar-refractivity contribution in [3.63, 3.8) is 0 Å². The van der Waals surface area contributed by atoms with E-state index in [1.54, 1.807) is 17.0 Å². The third kappa shape index (κ3) is 3.49. The molecule has 0 saturated heterocycles. The van der Waals surface area contributed by atoms with Crippen LogP contribution in [0.2, 0.25) is 0 Å². The Hall–Kier alpha value is -3.27. The van der Waals surface area contributed by atoms with Crippen LogP contribution in [-0.2, 0) is 0 Å². The van der Waals surface area contributed by atoms with Crippen molar-refractivity contribution < 1.29 is 4.79 Å². The largest absolute Gasteiger partial charge is 0.399 e. The van der Waals surface area contributed by atoms with Crippen molar-refractivity contribution in [1.29, 1.82) is 0 Å². The van der Waals surface area contributed by atoms with E-state index < -0.39 is 0 Å². The monoisotopic (exact) mass is 303 g/mol. The molecular formula is C19H17N3O. The van der Waals surface area contributed by atoms with E-state index in [0.29, 0.717) is 5.69 Å². The van der Waals surface area contributed by atoms with Crippen LogP contribution in [0.15, 0.2) is 84.9 Å². The van der Waals surface area contributed by atoms with Gasteiger partial charge in [-0.2, -0.15) is 0 Å². The molecule has 114 valence electrons. The molecule has 23 heavy (non-hydrogen) atoms. The number of hydrogen-bond donors (Lipinski definition) is 2. The second-order valence-electron chi connectivity index (χ2n) is 5.06. The molecule has 0 fully saturated rings. The van der Waals surface area contributed by atoms with Gasteiger partial charge in [-0.15, -0.1) is 0 Å². The first-order valence-electron chi connectivity index (χ1n) is 7.31. The quantitative estimate of drug-likeness (QED) is 0.692. The lowest BCUT2D eigenvalue weighted by Crippen LogP contribution is -2.30. The molecule has 0 aliphatic carbocycles. The predicted octanol–water partition coefficient (Wildman–Crippen LogP) is 4.64. The summed E-state index contributed by atoms with van der Waals surface area (Å²) in [6, 6.07) is 25.8. The van der Waals surface area contributed by atoms with Gasteiger partial charge in [0.25, 0.3) is 0 Å².